The monoisotopic (exact) mass is 483 g/mol. The summed E-state index contributed by atoms with van der Waals surface area (Å²) in [6, 6.07) is 23.3. The van der Waals surface area contributed by atoms with Crippen LogP contribution in [0.1, 0.15) is 37.3 Å². The maximum atomic E-state index is 14.0. The van der Waals surface area contributed by atoms with Gasteiger partial charge in [0.1, 0.15) is 23.9 Å². The Morgan fingerprint density at radius 1 is 1.03 bits per heavy atom. The average molecular weight is 484 g/mol. The Balaban J connectivity index is 1.56. The number of carbonyl (C=O) groups excluding carboxylic acids is 2. The van der Waals surface area contributed by atoms with Crippen molar-refractivity contribution in [3.05, 3.63) is 84.4 Å². The van der Waals surface area contributed by atoms with E-state index in [-0.39, 0.29) is 24.4 Å². The van der Waals surface area contributed by atoms with Crippen molar-refractivity contribution in [3.8, 4) is 5.75 Å². The number of benzene rings is 3. The lowest BCUT2D eigenvalue weighted by atomic mass is 10.0. The molecule has 36 heavy (non-hydrogen) atoms. The summed E-state index contributed by atoms with van der Waals surface area (Å²) in [5.41, 5.74) is 2.76. The van der Waals surface area contributed by atoms with E-state index in [2.05, 4.69) is 15.6 Å². The number of carbonyl (C=O) groups is 2. The van der Waals surface area contributed by atoms with E-state index >= 15 is 0 Å². The van der Waals surface area contributed by atoms with Crippen LogP contribution in [0.2, 0.25) is 0 Å². The number of para-hydroxylation sites is 2. The molecule has 1 fully saturated rings. The average Bonchev–Trinajstić information content (AvgIpc) is 3.57. The van der Waals surface area contributed by atoms with Crippen LogP contribution in [-0.4, -0.2) is 40.0 Å². The quantitative estimate of drug-likeness (QED) is 0.404. The first-order valence-corrected chi connectivity index (χ1v) is 12.2. The Labute approximate surface area is 209 Å². The lowest BCUT2D eigenvalue weighted by Gasteiger charge is -2.32. The fourth-order valence-corrected chi connectivity index (χ4v) is 4.84. The van der Waals surface area contributed by atoms with Gasteiger partial charge in [-0.1, -0.05) is 60.5 Å². The number of anilines is 1. The zero-order valence-electron chi connectivity index (χ0n) is 20.2. The first-order valence-electron chi connectivity index (χ1n) is 12.2. The maximum absolute atomic E-state index is 14.0. The minimum atomic E-state index is -0.884. The molecule has 1 saturated carbocycles. The first kappa shape index (κ1) is 23.5. The molecule has 1 heterocycles. The standard InChI is InChI=1S/C28H29N5O3/c1-36-23-15-9-10-20(18-23)27(28(35)29-21-11-5-6-12-21)33(22-13-3-2-4-14-22)26(34)19-32-25-17-8-7-16-24(25)30-31-32/h2-4,7-10,13-18,21,27H,5-6,11-12,19H2,1H3,(H,29,35)/t27-/m1/s1. The van der Waals surface area contributed by atoms with Crippen LogP contribution in [0.3, 0.4) is 0 Å². The molecule has 1 aromatic heterocycles. The maximum Gasteiger partial charge on any atom is 0.249 e. The summed E-state index contributed by atoms with van der Waals surface area (Å²) in [7, 11) is 1.59. The second-order valence-corrected chi connectivity index (χ2v) is 9.00. The number of methoxy groups -OCH3 is 1. The number of nitrogens with zero attached hydrogens (tertiary/aromatic N) is 4. The molecule has 0 radical (unpaired) electrons. The molecule has 184 valence electrons. The van der Waals surface area contributed by atoms with Crippen LogP contribution >= 0.6 is 0 Å². The summed E-state index contributed by atoms with van der Waals surface area (Å²) in [5, 5.41) is 11.6. The smallest absolute Gasteiger partial charge is 0.249 e. The highest BCUT2D eigenvalue weighted by Gasteiger charge is 2.34. The molecule has 8 nitrogen and oxygen atoms in total. The summed E-state index contributed by atoms with van der Waals surface area (Å²) in [5.74, 6) is 0.135. The van der Waals surface area contributed by atoms with Crippen LogP contribution in [-0.2, 0) is 16.1 Å². The number of amides is 2. The molecule has 0 saturated heterocycles. The molecular formula is C28H29N5O3. The number of aromatic nitrogens is 3. The highest BCUT2D eigenvalue weighted by Crippen LogP contribution is 2.31. The fourth-order valence-electron chi connectivity index (χ4n) is 4.84. The molecule has 4 aromatic rings. The van der Waals surface area contributed by atoms with Gasteiger partial charge in [0.15, 0.2) is 0 Å². The van der Waals surface area contributed by atoms with Gasteiger partial charge < -0.3 is 10.1 Å². The van der Waals surface area contributed by atoms with Gasteiger partial charge in [0, 0.05) is 11.7 Å². The van der Waals surface area contributed by atoms with Crippen molar-refractivity contribution in [1.82, 2.24) is 20.3 Å². The molecule has 0 unspecified atom stereocenters. The molecule has 0 spiro atoms. The van der Waals surface area contributed by atoms with Gasteiger partial charge >= 0.3 is 0 Å². The molecule has 1 aliphatic rings. The number of nitrogens with one attached hydrogen (secondary N) is 1. The van der Waals surface area contributed by atoms with Gasteiger partial charge in [-0.15, -0.1) is 5.10 Å². The molecule has 3 aromatic carbocycles. The summed E-state index contributed by atoms with van der Waals surface area (Å²) >= 11 is 0. The van der Waals surface area contributed by atoms with Crippen molar-refractivity contribution in [3.63, 3.8) is 0 Å². The number of ether oxygens (including phenoxy) is 1. The van der Waals surface area contributed by atoms with Crippen molar-refractivity contribution in [2.75, 3.05) is 12.0 Å². The Kier molecular flexibility index (Phi) is 6.93. The van der Waals surface area contributed by atoms with Gasteiger partial charge in [-0.2, -0.15) is 0 Å². The van der Waals surface area contributed by atoms with Crippen LogP contribution in [0.25, 0.3) is 11.0 Å². The van der Waals surface area contributed by atoms with Gasteiger partial charge in [-0.3, -0.25) is 14.5 Å². The van der Waals surface area contributed by atoms with Crippen LogP contribution in [0.4, 0.5) is 5.69 Å². The van der Waals surface area contributed by atoms with Crippen molar-refractivity contribution in [2.45, 2.75) is 44.3 Å². The van der Waals surface area contributed by atoms with Crippen molar-refractivity contribution in [1.29, 1.82) is 0 Å². The van der Waals surface area contributed by atoms with Crippen molar-refractivity contribution < 1.29 is 14.3 Å². The molecule has 1 aliphatic carbocycles. The summed E-state index contributed by atoms with van der Waals surface area (Å²) in [4.78, 5) is 29.4. The van der Waals surface area contributed by atoms with E-state index in [0.717, 1.165) is 31.2 Å². The molecule has 0 aliphatic heterocycles. The second-order valence-electron chi connectivity index (χ2n) is 9.00. The largest absolute Gasteiger partial charge is 0.497 e. The third-order valence-electron chi connectivity index (χ3n) is 6.63. The van der Waals surface area contributed by atoms with E-state index in [1.54, 1.807) is 16.7 Å². The van der Waals surface area contributed by atoms with E-state index in [9.17, 15) is 9.59 Å². The molecule has 1 N–H and O–H groups in total. The summed E-state index contributed by atoms with van der Waals surface area (Å²) in [6.45, 7) is -0.0629. The SMILES string of the molecule is COc1cccc([C@H](C(=O)NC2CCCC2)N(C(=O)Cn2nnc3ccccc32)c2ccccc2)c1. The Bertz CT molecular complexity index is 1350. The van der Waals surface area contributed by atoms with E-state index in [1.807, 2.05) is 78.9 Å². The van der Waals surface area contributed by atoms with Gasteiger partial charge in [-0.25, -0.2) is 4.68 Å². The number of hydrogen-bond donors (Lipinski definition) is 1. The Morgan fingerprint density at radius 3 is 2.56 bits per heavy atom. The highest BCUT2D eigenvalue weighted by molar-refractivity contribution is 6.01. The molecular weight excluding hydrogens is 454 g/mol. The van der Waals surface area contributed by atoms with E-state index < -0.39 is 6.04 Å². The van der Waals surface area contributed by atoms with Gasteiger partial charge in [-0.05, 0) is 54.8 Å². The molecule has 1 atom stereocenters. The van der Waals surface area contributed by atoms with Crippen LogP contribution in [0.15, 0.2) is 78.9 Å². The number of fused-ring (bicyclic) bond motifs is 1. The molecule has 5 rings (SSSR count). The molecule has 2 amide bonds. The molecule has 8 heteroatoms. The Hall–Kier alpha value is -4.20. The van der Waals surface area contributed by atoms with Gasteiger partial charge in [0.05, 0.1) is 12.6 Å². The van der Waals surface area contributed by atoms with Gasteiger partial charge in [0.2, 0.25) is 11.8 Å². The Morgan fingerprint density at radius 2 is 1.78 bits per heavy atom. The molecule has 0 bridgehead atoms. The predicted molar refractivity (Wildman–Crippen MR) is 138 cm³/mol. The van der Waals surface area contributed by atoms with Crippen molar-refractivity contribution in [2.24, 2.45) is 0 Å². The first-order chi connectivity index (χ1) is 17.6. The minimum absolute atomic E-state index is 0.0629. The summed E-state index contributed by atoms with van der Waals surface area (Å²) in [6.07, 6.45) is 4.08. The zero-order valence-corrected chi connectivity index (χ0v) is 20.2. The van der Waals surface area contributed by atoms with E-state index in [1.165, 1.54) is 0 Å². The predicted octanol–water partition coefficient (Wildman–Crippen LogP) is 4.27. The van der Waals surface area contributed by atoms with Crippen LogP contribution < -0.4 is 15.0 Å². The number of hydrogen-bond acceptors (Lipinski definition) is 5. The lowest BCUT2D eigenvalue weighted by molar-refractivity contribution is -0.127. The summed E-state index contributed by atoms with van der Waals surface area (Å²) < 4.78 is 7.01. The van der Waals surface area contributed by atoms with E-state index in [0.29, 0.717) is 22.5 Å². The van der Waals surface area contributed by atoms with Crippen LogP contribution in [0.5, 0.6) is 5.75 Å². The van der Waals surface area contributed by atoms with E-state index in [4.69, 9.17) is 4.74 Å². The fraction of sp³-hybridized carbons (Fsp3) is 0.286. The zero-order chi connectivity index (χ0) is 24.9. The minimum Gasteiger partial charge on any atom is -0.497 e. The lowest BCUT2D eigenvalue weighted by Crippen LogP contribution is -2.47. The topological polar surface area (TPSA) is 89.4 Å². The van der Waals surface area contributed by atoms with Gasteiger partial charge in [0.25, 0.3) is 0 Å². The third-order valence-corrected chi connectivity index (χ3v) is 6.63. The normalized spacial score (nSPS) is 14.5. The van der Waals surface area contributed by atoms with Crippen molar-refractivity contribution >= 4 is 28.5 Å². The second kappa shape index (κ2) is 10.6. The van der Waals surface area contributed by atoms with Crippen LogP contribution in [0, 0.1) is 0 Å². The number of rotatable bonds is 8. The highest BCUT2D eigenvalue weighted by atomic mass is 16.5. The third kappa shape index (κ3) is 4.93.